The quantitative estimate of drug-likeness (QED) is 0.756. The van der Waals surface area contributed by atoms with Crippen molar-refractivity contribution in [1.29, 1.82) is 0 Å². The number of hydrogen-bond acceptors (Lipinski definition) is 1. The Labute approximate surface area is 124 Å². The standard InChI is InChI=1S/C19H29N/c1-4-15-9-10-16(5-2)18-17(15)14(3)13-19(20-18)11-7-6-8-12-19/h9-10,14,20H,4-8,11-13H2,1-3H3. The molecule has 0 amide bonds. The van der Waals surface area contributed by atoms with Crippen LogP contribution >= 0.6 is 0 Å². The summed E-state index contributed by atoms with van der Waals surface area (Å²) in [5, 5.41) is 4.04. The fourth-order valence-corrected chi connectivity index (χ4v) is 4.58. The number of benzene rings is 1. The molecule has 0 saturated heterocycles. The maximum Gasteiger partial charge on any atom is 0.0414 e. The van der Waals surface area contributed by atoms with E-state index in [-0.39, 0.29) is 0 Å². The van der Waals surface area contributed by atoms with Gasteiger partial charge in [-0.25, -0.2) is 0 Å². The Kier molecular flexibility index (Phi) is 3.79. The zero-order chi connectivity index (χ0) is 14.2. The number of rotatable bonds is 2. The lowest BCUT2D eigenvalue weighted by Gasteiger charge is -2.46. The van der Waals surface area contributed by atoms with Gasteiger partial charge in [0.15, 0.2) is 0 Å². The van der Waals surface area contributed by atoms with Gasteiger partial charge in [0.1, 0.15) is 0 Å². The molecule has 1 spiro atoms. The van der Waals surface area contributed by atoms with E-state index in [9.17, 15) is 0 Å². The Morgan fingerprint density at radius 3 is 2.35 bits per heavy atom. The number of nitrogens with one attached hydrogen (secondary N) is 1. The van der Waals surface area contributed by atoms with Crippen LogP contribution in [0.3, 0.4) is 0 Å². The third-order valence-corrected chi connectivity index (χ3v) is 5.57. The Bertz CT molecular complexity index is 483. The van der Waals surface area contributed by atoms with Crippen LogP contribution in [-0.4, -0.2) is 5.54 Å². The van der Waals surface area contributed by atoms with Gasteiger partial charge in [-0.3, -0.25) is 0 Å². The SMILES string of the molecule is CCc1ccc(CC)c2c1NC1(CCCCC1)CC2C. The third kappa shape index (κ3) is 2.25. The van der Waals surface area contributed by atoms with Crippen molar-refractivity contribution < 1.29 is 0 Å². The number of aryl methyl sites for hydroxylation is 2. The van der Waals surface area contributed by atoms with Gasteiger partial charge >= 0.3 is 0 Å². The fourth-order valence-electron chi connectivity index (χ4n) is 4.58. The summed E-state index contributed by atoms with van der Waals surface area (Å²) in [5.74, 6) is 0.714. The molecule has 1 nitrogen and oxygen atoms in total. The predicted octanol–water partition coefficient (Wildman–Crippen LogP) is 5.43. The van der Waals surface area contributed by atoms with E-state index in [4.69, 9.17) is 0 Å². The summed E-state index contributed by atoms with van der Waals surface area (Å²) in [6, 6.07) is 4.73. The lowest BCUT2D eigenvalue weighted by atomic mass is 9.70. The third-order valence-electron chi connectivity index (χ3n) is 5.57. The monoisotopic (exact) mass is 271 g/mol. The highest BCUT2D eigenvalue weighted by Crippen LogP contribution is 2.47. The van der Waals surface area contributed by atoms with Crippen LogP contribution in [0, 0.1) is 0 Å². The topological polar surface area (TPSA) is 12.0 Å². The summed E-state index contributed by atoms with van der Waals surface area (Å²) in [4.78, 5) is 0. The summed E-state index contributed by atoms with van der Waals surface area (Å²) >= 11 is 0. The first-order valence-corrected chi connectivity index (χ1v) is 8.62. The van der Waals surface area contributed by atoms with Crippen molar-refractivity contribution >= 4 is 5.69 Å². The molecule has 1 heterocycles. The van der Waals surface area contributed by atoms with Crippen molar-refractivity contribution in [3.8, 4) is 0 Å². The largest absolute Gasteiger partial charge is 0.379 e. The molecule has 0 bridgehead atoms. The summed E-state index contributed by atoms with van der Waals surface area (Å²) in [5.41, 5.74) is 6.62. The molecule has 1 fully saturated rings. The number of hydrogen-bond donors (Lipinski definition) is 1. The molecule has 0 radical (unpaired) electrons. The molecule has 1 heteroatoms. The van der Waals surface area contributed by atoms with Crippen LogP contribution < -0.4 is 5.32 Å². The summed E-state index contributed by atoms with van der Waals surface area (Å²) in [7, 11) is 0. The second-order valence-corrected chi connectivity index (χ2v) is 6.95. The van der Waals surface area contributed by atoms with Crippen molar-refractivity contribution in [1.82, 2.24) is 0 Å². The molecular weight excluding hydrogens is 242 g/mol. The second kappa shape index (κ2) is 5.42. The van der Waals surface area contributed by atoms with Crippen molar-refractivity contribution in [3.63, 3.8) is 0 Å². The molecule has 2 aliphatic rings. The molecule has 1 aromatic rings. The zero-order valence-electron chi connectivity index (χ0n) is 13.4. The molecule has 1 unspecified atom stereocenters. The Morgan fingerprint density at radius 1 is 1.05 bits per heavy atom. The first-order valence-electron chi connectivity index (χ1n) is 8.62. The van der Waals surface area contributed by atoms with E-state index in [1.165, 1.54) is 49.8 Å². The van der Waals surface area contributed by atoms with Gasteiger partial charge in [-0.15, -0.1) is 0 Å². The van der Waals surface area contributed by atoms with Crippen LogP contribution in [-0.2, 0) is 12.8 Å². The van der Waals surface area contributed by atoms with Crippen LogP contribution in [0.4, 0.5) is 5.69 Å². The first kappa shape index (κ1) is 14.0. The van der Waals surface area contributed by atoms with E-state index in [2.05, 4.69) is 38.2 Å². The molecule has 1 aliphatic heterocycles. The van der Waals surface area contributed by atoms with E-state index in [0.29, 0.717) is 11.5 Å². The molecular formula is C19H29N. The van der Waals surface area contributed by atoms with Gasteiger partial charge in [0, 0.05) is 11.2 Å². The minimum Gasteiger partial charge on any atom is -0.379 e. The van der Waals surface area contributed by atoms with Crippen molar-refractivity contribution in [3.05, 3.63) is 28.8 Å². The van der Waals surface area contributed by atoms with E-state index in [0.717, 1.165) is 12.8 Å². The highest BCUT2D eigenvalue weighted by molar-refractivity contribution is 5.65. The van der Waals surface area contributed by atoms with Crippen LogP contribution in [0.2, 0.25) is 0 Å². The highest BCUT2D eigenvalue weighted by Gasteiger charge is 2.39. The fraction of sp³-hybridized carbons (Fsp3) is 0.684. The summed E-state index contributed by atoms with van der Waals surface area (Å²) in [6.45, 7) is 7.03. The average Bonchev–Trinajstić information content (AvgIpc) is 2.46. The predicted molar refractivity (Wildman–Crippen MR) is 87.7 cm³/mol. The molecule has 1 atom stereocenters. The zero-order valence-corrected chi connectivity index (χ0v) is 13.4. The van der Waals surface area contributed by atoms with Gasteiger partial charge in [-0.1, -0.05) is 52.2 Å². The van der Waals surface area contributed by atoms with Gasteiger partial charge < -0.3 is 5.32 Å². The molecule has 20 heavy (non-hydrogen) atoms. The maximum absolute atomic E-state index is 4.04. The van der Waals surface area contributed by atoms with Gasteiger partial charge in [0.2, 0.25) is 0 Å². The molecule has 1 aromatic carbocycles. The van der Waals surface area contributed by atoms with Gasteiger partial charge in [-0.2, -0.15) is 0 Å². The second-order valence-electron chi connectivity index (χ2n) is 6.95. The van der Waals surface area contributed by atoms with Crippen LogP contribution in [0.25, 0.3) is 0 Å². The van der Waals surface area contributed by atoms with Crippen molar-refractivity contribution in [2.75, 3.05) is 5.32 Å². The van der Waals surface area contributed by atoms with E-state index in [1.807, 2.05) is 0 Å². The molecule has 1 N–H and O–H groups in total. The summed E-state index contributed by atoms with van der Waals surface area (Å²) < 4.78 is 0. The minimum atomic E-state index is 0.404. The lowest BCUT2D eigenvalue weighted by molar-refractivity contribution is 0.281. The van der Waals surface area contributed by atoms with Gasteiger partial charge in [-0.05, 0) is 54.7 Å². The number of fused-ring (bicyclic) bond motifs is 1. The highest BCUT2D eigenvalue weighted by atomic mass is 15.0. The Balaban J connectivity index is 2.05. The van der Waals surface area contributed by atoms with Crippen LogP contribution in [0.15, 0.2) is 12.1 Å². The van der Waals surface area contributed by atoms with Crippen molar-refractivity contribution in [2.24, 2.45) is 0 Å². The molecule has 0 aromatic heterocycles. The van der Waals surface area contributed by atoms with E-state index >= 15 is 0 Å². The molecule has 1 saturated carbocycles. The Morgan fingerprint density at radius 2 is 1.70 bits per heavy atom. The summed E-state index contributed by atoms with van der Waals surface area (Å²) in [6.07, 6.45) is 10.6. The average molecular weight is 271 g/mol. The normalized spacial score (nSPS) is 24.2. The van der Waals surface area contributed by atoms with Crippen LogP contribution in [0.1, 0.15) is 81.9 Å². The van der Waals surface area contributed by atoms with Gasteiger partial charge in [0.25, 0.3) is 0 Å². The Hall–Kier alpha value is -0.980. The molecule has 1 aliphatic carbocycles. The lowest BCUT2D eigenvalue weighted by Crippen LogP contribution is -2.45. The van der Waals surface area contributed by atoms with E-state index in [1.54, 1.807) is 11.1 Å². The minimum absolute atomic E-state index is 0.404. The first-order chi connectivity index (χ1) is 9.69. The van der Waals surface area contributed by atoms with Gasteiger partial charge in [0.05, 0.1) is 0 Å². The van der Waals surface area contributed by atoms with Crippen molar-refractivity contribution in [2.45, 2.75) is 83.6 Å². The molecule has 110 valence electrons. The number of anilines is 1. The smallest absolute Gasteiger partial charge is 0.0414 e. The van der Waals surface area contributed by atoms with E-state index < -0.39 is 0 Å². The molecule has 3 rings (SSSR count). The maximum atomic E-state index is 4.04. The van der Waals surface area contributed by atoms with Crippen LogP contribution in [0.5, 0.6) is 0 Å².